The number of benzene rings is 4. The number of carbonyl (C=O) groups excluding carboxylic acids is 1. The van der Waals surface area contributed by atoms with Crippen molar-refractivity contribution in [2.45, 2.75) is 55.4 Å². The molecular formula is C37H36O. The molecule has 0 radical (unpaired) electrons. The molecule has 0 atom stereocenters. The van der Waals surface area contributed by atoms with Crippen molar-refractivity contribution in [2.24, 2.45) is 0 Å². The molecule has 0 unspecified atom stereocenters. The van der Waals surface area contributed by atoms with E-state index in [9.17, 15) is 4.79 Å². The summed E-state index contributed by atoms with van der Waals surface area (Å²) < 4.78 is 0. The van der Waals surface area contributed by atoms with Crippen molar-refractivity contribution in [3.05, 3.63) is 140 Å². The predicted molar refractivity (Wildman–Crippen MR) is 162 cm³/mol. The number of ketones is 1. The number of hydrogen-bond donors (Lipinski definition) is 0. The van der Waals surface area contributed by atoms with E-state index in [4.69, 9.17) is 0 Å². The van der Waals surface area contributed by atoms with Gasteiger partial charge in [0.05, 0.1) is 0 Å². The highest BCUT2D eigenvalue weighted by atomic mass is 16.1. The van der Waals surface area contributed by atoms with Gasteiger partial charge in [-0.05, 0) is 77.6 Å². The fourth-order valence-electron chi connectivity index (χ4n) is 6.21. The molecule has 5 rings (SSSR count). The van der Waals surface area contributed by atoms with E-state index < -0.39 is 0 Å². The molecule has 1 aliphatic carbocycles. The Balaban J connectivity index is 1.96. The van der Waals surface area contributed by atoms with Crippen LogP contribution in [0.15, 0.2) is 72.8 Å². The molecule has 0 fully saturated rings. The summed E-state index contributed by atoms with van der Waals surface area (Å²) >= 11 is 0. The average Bonchev–Trinajstić information content (AvgIpc) is 3.09. The molecule has 4 aromatic rings. The molecule has 1 heteroatoms. The summed E-state index contributed by atoms with van der Waals surface area (Å²) in [5.74, 6) is 0.100. The summed E-state index contributed by atoms with van der Waals surface area (Å²) in [5.41, 5.74) is 17.2. The summed E-state index contributed by atoms with van der Waals surface area (Å²) in [7, 11) is 0. The molecule has 190 valence electrons. The molecule has 0 spiro atoms. The maximum absolute atomic E-state index is 14.7. The molecule has 1 aliphatic rings. The molecule has 0 amide bonds. The molecule has 0 aliphatic heterocycles. The number of hydrogen-bond acceptors (Lipinski definition) is 1. The number of carbonyl (C=O) groups is 1. The predicted octanol–water partition coefficient (Wildman–Crippen LogP) is 9.26. The first-order chi connectivity index (χ1) is 18.0. The van der Waals surface area contributed by atoms with Crippen LogP contribution in [-0.2, 0) is 4.79 Å². The summed E-state index contributed by atoms with van der Waals surface area (Å²) in [6, 6.07) is 26.3. The third-order valence-corrected chi connectivity index (χ3v) is 7.25. The lowest BCUT2D eigenvalue weighted by atomic mass is 9.86. The highest BCUT2D eigenvalue weighted by Crippen LogP contribution is 2.50. The Morgan fingerprint density at radius 3 is 0.684 bits per heavy atom. The number of aryl methyl sites for hydroxylation is 8. The first-order valence-corrected chi connectivity index (χ1v) is 13.4. The van der Waals surface area contributed by atoms with Crippen LogP contribution in [0.1, 0.15) is 66.8 Å². The van der Waals surface area contributed by atoms with Gasteiger partial charge in [-0.2, -0.15) is 0 Å². The van der Waals surface area contributed by atoms with E-state index in [-0.39, 0.29) is 5.78 Å². The van der Waals surface area contributed by atoms with Crippen molar-refractivity contribution in [1.29, 1.82) is 0 Å². The molecule has 0 saturated heterocycles. The van der Waals surface area contributed by atoms with Crippen molar-refractivity contribution in [1.82, 2.24) is 0 Å². The average molecular weight is 497 g/mol. The van der Waals surface area contributed by atoms with Crippen LogP contribution in [0.2, 0.25) is 0 Å². The largest absolute Gasteiger partial charge is 0.289 e. The molecule has 0 heterocycles. The maximum Gasteiger partial charge on any atom is 0.195 e. The second-order valence-electron chi connectivity index (χ2n) is 11.3. The van der Waals surface area contributed by atoms with Crippen LogP contribution in [0.4, 0.5) is 0 Å². The summed E-state index contributed by atoms with van der Waals surface area (Å²) in [5, 5.41) is 0. The minimum Gasteiger partial charge on any atom is -0.289 e. The van der Waals surface area contributed by atoms with E-state index in [2.05, 4.69) is 128 Å². The Labute approximate surface area is 227 Å². The zero-order valence-corrected chi connectivity index (χ0v) is 23.8. The van der Waals surface area contributed by atoms with Gasteiger partial charge in [0, 0.05) is 22.3 Å². The third-order valence-electron chi connectivity index (χ3n) is 7.25. The van der Waals surface area contributed by atoms with Crippen molar-refractivity contribution in [2.75, 3.05) is 0 Å². The van der Waals surface area contributed by atoms with Crippen molar-refractivity contribution < 1.29 is 4.79 Å². The summed E-state index contributed by atoms with van der Waals surface area (Å²) in [4.78, 5) is 14.7. The van der Waals surface area contributed by atoms with Gasteiger partial charge in [0.2, 0.25) is 0 Å². The number of rotatable bonds is 4. The Bertz CT molecular complexity index is 1480. The van der Waals surface area contributed by atoms with E-state index >= 15 is 0 Å². The van der Waals surface area contributed by atoms with E-state index in [1.807, 2.05) is 0 Å². The zero-order valence-electron chi connectivity index (χ0n) is 23.8. The normalized spacial score (nSPS) is 13.6. The quantitative estimate of drug-likeness (QED) is 0.275. The second kappa shape index (κ2) is 9.72. The van der Waals surface area contributed by atoms with Crippen LogP contribution in [0.3, 0.4) is 0 Å². The van der Waals surface area contributed by atoms with Crippen LogP contribution in [-0.4, -0.2) is 5.78 Å². The van der Waals surface area contributed by atoms with Crippen LogP contribution in [0, 0.1) is 55.4 Å². The highest BCUT2D eigenvalue weighted by molar-refractivity contribution is 6.59. The van der Waals surface area contributed by atoms with E-state index in [0.29, 0.717) is 0 Å². The van der Waals surface area contributed by atoms with E-state index in [0.717, 1.165) is 66.8 Å². The first-order valence-electron chi connectivity index (χ1n) is 13.4. The van der Waals surface area contributed by atoms with Crippen molar-refractivity contribution in [3.63, 3.8) is 0 Å². The molecular weight excluding hydrogens is 460 g/mol. The lowest BCUT2D eigenvalue weighted by molar-refractivity contribution is -0.108. The minimum absolute atomic E-state index is 0.100. The fourth-order valence-corrected chi connectivity index (χ4v) is 6.21. The van der Waals surface area contributed by atoms with Crippen LogP contribution in [0.5, 0.6) is 0 Å². The molecule has 0 bridgehead atoms. The summed E-state index contributed by atoms with van der Waals surface area (Å²) in [6.07, 6.45) is 0. The van der Waals surface area contributed by atoms with Gasteiger partial charge in [0.1, 0.15) is 0 Å². The minimum atomic E-state index is 0.100. The molecule has 0 saturated carbocycles. The topological polar surface area (TPSA) is 17.1 Å². The van der Waals surface area contributed by atoms with Crippen LogP contribution < -0.4 is 0 Å². The van der Waals surface area contributed by atoms with Gasteiger partial charge in [-0.3, -0.25) is 4.79 Å². The zero-order chi connectivity index (χ0) is 27.3. The number of Topliss-reactive ketones (excluding diaryl/α,β-unsaturated/α-hetero) is 1. The van der Waals surface area contributed by atoms with Gasteiger partial charge < -0.3 is 0 Å². The molecule has 38 heavy (non-hydrogen) atoms. The van der Waals surface area contributed by atoms with Gasteiger partial charge in [-0.1, -0.05) is 117 Å². The SMILES string of the molecule is Cc1cc(C)cc(C2=C(c3cc(C)cc(C)c3)C(c3cc(C)cc(C)c3)=C(c3cc(C)cc(C)c3)C2=O)c1. The van der Waals surface area contributed by atoms with E-state index in [1.165, 1.54) is 22.3 Å². The first kappa shape index (κ1) is 25.7. The van der Waals surface area contributed by atoms with Crippen LogP contribution in [0.25, 0.3) is 22.3 Å². The Hall–Kier alpha value is -3.97. The highest BCUT2D eigenvalue weighted by Gasteiger charge is 2.36. The van der Waals surface area contributed by atoms with Gasteiger partial charge in [0.25, 0.3) is 0 Å². The van der Waals surface area contributed by atoms with Crippen molar-refractivity contribution >= 4 is 28.1 Å². The van der Waals surface area contributed by atoms with Gasteiger partial charge in [0.15, 0.2) is 5.78 Å². The van der Waals surface area contributed by atoms with Crippen LogP contribution >= 0.6 is 0 Å². The van der Waals surface area contributed by atoms with E-state index in [1.54, 1.807) is 0 Å². The standard InChI is InChI=1S/C37H36O/c1-21-9-22(2)14-29(13-21)33-34(30-15-23(3)10-24(4)16-30)36(32-19-27(7)12-28(8)20-32)37(38)35(33)31-17-25(5)11-26(6)18-31/h9-20H,1-8H3. The Kier molecular flexibility index (Phi) is 6.57. The fraction of sp³-hybridized carbons (Fsp3) is 0.216. The van der Waals surface area contributed by atoms with Crippen molar-refractivity contribution in [3.8, 4) is 0 Å². The Morgan fingerprint density at radius 2 is 0.474 bits per heavy atom. The molecule has 4 aromatic carbocycles. The van der Waals surface area contributed by atoms with Gasteiger partial charge in [-0.15, -0.1) is 0 Å². The smallest absolute Gasteiger partial charge is 0.195 e. The monoisotopic (exact) mass is 496 g/mol. The van der Waals surface area contributed by atoms with Gasteiger partial charge >= 0.3 is 0 Å². The maximum atomic E-state index is 14.7. The lowest BCUT2D eigenvalue weighted by Crippen LogP contribution is -2.03. The second-order valence-corrected chi connectivity index (χ2v) is 11.3. The van der Waals surface area contributed by atoms with Gasteiger partial charge in [-0.25, -0.2) is 0 Å². The molecule has 0 N–H and O–H groups in total. The third kappa shape index (κ3) is 4.82. The molecule has 1 nitrogen and oxygen atoms in total. The summed E-state index contributed by atoms with van der Waals surface area (Å²) in [6.45, 7) is 17.0. The number of allylic oxidation sites excluding steroid dienone is 4. The molecule has 0 aromatic heterocycles. The lowest BCUT2D eigenvalue weighted by Gasteiger charge is -2.16. The Morgan fingerprint density at radius 1 is 0.289 bits per heavy atom.